The third-order valence-electron chi connectivity index (χ3n) is 2.82. The van der Waals surface area contributed by atoms with Crippen molar-refractivity contribution in [3.05, 3.63) is 64.1 Å². The van der Waals surface area contributed by atoms with E-state index >= 15 is 0 Å². The number of hydrogen-bond donors (Lipinski definition) is 2. The molecule has 0 bridgehead atoms. The minimum atomic E-state index is -1.11. The summed E-state index contributed by atoms with van der Waals surface area (Å²) in [6, 6.07) is 13.7. The Morgan fingerprint density at radius 1 is 1.26 bits per heavy atom. The van der Waals surface area contributed by atoms with E-state index in [9.17, 15) is 4.79 Å². The Balaban J connectivity index is 2.32. The van der Waals surface area contributed by atoms with Gasteiger partial charge in [-0.2, -0.15) is 0 Å². The van der Waals surface area contributed by atoms with Gasteiger partial charge in [-0.1, -0.05) is 46.3 Å². The fourth-order valence-corrected chi connectivity index (χ4v) is 2.15. The molecule has 0 saturated heterocycles. The van der Waals surface area contributed by atoms with Crippen LogP contribution >= 0.6 is 15.9 Å². The van der Waals surface area contributed by atoms with Gasteiger partial charge in [-0.05, 0) is 18.2 Å². The highest BCUT2D eigenvalue weighted by atomic mass is 79.9. The number of carboxylic acids is 1. The SMILES string of the molecule is N=C(N=C([OH2+])c1cc(Br)ccc1OCC(=O)O)c1ccccc1. The highest BCUT2D eigenvalue weighted by Crippen LogP contribution is 2.24. The second kappa shape index (κ2) is 7.55. The summed E-state index contributed by atoms with van der Waals surface area (Å²) >= 11 is 3.29. The maximum atomic E-state index is 10.6. The van der Waals surface area contributed by atoms with Crippen LogP contribution in [0.4, 0.5) is 0 Å². The highest BCUT2D eigenvalue weighted by Gasteiger charge is 2.17. The molecular formula is C16H14BrN2O4+. The van der Waals surface area contributed by atoms with Crippen molar-refractivity contribution >= 4 is 33.6 Å². The van der Waals surface area contributed by atoms with Crippen molar-refractivity contribution in [1.82, 2.24) is 0 Å². The van der Waals surface area contributed by atoms with Gasteiger partial charge in [-0.15, -0.1) is 4.99 Å². The van der Waals surface area contributed by atoms with Crippen LogP contribution in [0.15, 0.2) is 58.0 Å². The number of hydrogen-bond acceptors (Lipinski definition) is 3. The molecule has 118 valence electrons. The van der Waals surface area contributed by atoms with E-state index in [1.165, 1.54) is 0 Å². The van der Waals surface area contributed by atoms with Crippen LogP contribution in [0.2, 0.25) is 0 Å². The number of nitrogens with one attached hydrogen (secondary N) is 1. The van der Waals surface area contributed by atoms with Crippen LogP contribution in [-0.2, 0) is 4.79 Å². The van der Waals surface area contributed by atoms with Crippen molar-refractivity contribution in [2.24, 2.45) is 4.99 Å². The molecule has 4 N–H and O–H groups in total. The van der Waals surface area contributed by atoms with E-state index in [2.05, 4.69) is 20.9 Å². The van der Waals surface area contributed by atoms with E-state index in [-0.39, 0.29) is 17.5 Å². The lowest BCUT2D eigenvalue weighted by Gasteiger charge is -2.07. The topological polar surface area (TPSA) is 106 Å². The van der Waals surface area contributed by atoms with Gasteiger partial charge in [0.2, 0.25) is 0 Å². The fourth-order valence-electron chi connectivity index (χ4n) is 1.79. The van der Waals surface area contributed by atoms with E-state index in [1.54, 1.807) is 42.5 Å². The minimum absolute atomic E-state index is 0.0558. The maximum Gasteiger partial charge on any atom is 0.370 e. The molecule has 0 saturated carbocycles. The van der Waals surface area contributed by atoms with Crippen molar-refractivity contribution in [3.8, 4) is 5.75 Å². The largest absolute Gasteiger partial charge is 0.578 e. The average Bonchev–Trinajstić information content (AvgIpc) is 2.54. The Morgan fingerprint density at radius 3 is 2.61 bits per heavy atom. The van der Waals surface area contributed by atoms with Gasteiger partial charge >= 0.3 is 11.9 Å². The van der Waals surface area contributed by atoms with Gasteiger partial charge in [0.25, 0.3) is 0 Å². The molecule has 0 aliphatic carbocycles. The maximum absolute atomic E-state index is 10.6. The number of amidine groups is 1. The Kier molecular flexibility index (Phi) is 5.48. The first-order chi connectivity index (χ1) is 11.0. The zero-order chi connectivity index (χ0) is 16.8. The predicted molar refractivity (Wildman–Crippen MR) is 90.7 cm³/mol. The Hall–Kier alpha value is -2.67. The number of ether oxygens (including phenoxy) is 1. The molecule has 0 fully saturated rings. The monoisotopic (exact) mass is 377 g/mol. The zero-order valence-corrected chi connectivity index (χ0v) is 13.5. The number of nitrogens with zero attached hydrogens (tertiary/aromatic N) is 1. The summed E-state index contributed by atoms with van der Waals surface area (Å²) in [6.45, 7) is -0.516. The summed E-state index contributed by atoms with van der Waals surface area (Å²) in [4.78, 5) is 14.6. The molecule has 0 radical (unpaired) electrons. The Bertz CT molecular complexity index is 760. The third-order valence-corrected chi connectivity index (χ3v) is 3.31. The zero-order valence-electron chi connectivity index (χ0n) is 11.9. The van der Waals surface area contributed by atoms with Gasteiger partial charge in [0.05, 0.1) is 0 Å². The lowest BCUT2D eigenvalue weighted by Crippen LogP contribution is -2.13. The van der Waals surface area contributed by atoms with E-state index < -0.39 is 12.6 Å². The number of carboxylic acid groups (broad SMARTS) is 1. The second-order valence-corrected chi connectivity index (χ2v) is 5.41. The molecule has 6 nitrogen and oxygen atoms in total. The molecule has 0 unspecified atom stereocenters. The van der Waals surface area contributed by atoms with Gasteiger partial charge in [-0.25, -0.2) is 4.79 Å². The van der Waals surface area contributed by atoms with Crippen LogP contribution in [0.25, 0.3) is 0 Å². The van der Waals surface area contributed by atoms with E-state index in [0.717, 1.165) is 0 Å². The molecule has 0 aromatic heterocycles. The summed E-state index contributed by atoms with van der Waals surface area (Å²) in [5.74, 6) is -1.12. The lowest BCUT2D eigenvalue weighted by atomic mass is 10.2. The molecular weight excluding hydrogens is 364 g/mol. The van der Waals surface area contributed by atoms with Gasteiger partial charge in [-0.3, -0.25) is 5.41 Å². The van der Waals surface area contributed by atoms with E-state index in [1.807, 2.05) is 6.07 Å². The van der Waals surface area contributed by atoms with E-state index in [0.29, 0.717) is 15.6 Å². The van der Waals surface area contributed by atoms with Crippen molar-refractivity contribution < 1.29 is 19.7 Å². The molecule has 2 aromatic rings. The van der Waals surface area contributed by atoms with Crippen LogP contribution in [0, 0.1) is 5.41 Å². The van der Waals surface area contributed by atoms with Gasteiger partial charge in [0, 0.05) is 10.0 Å². The molecule has 0 aliphatic heterocycles. The molecule has 0 amide bonds. The number of aliphatic carboxylic acids is 1. The van der Waals surface area contributed by atoms with Gasteiger partial charge in [0.1, 0.15) is 11.3 Å². The van der Waals surface area contributed by atoms with Crippen LogP contribution < -0.4 is 4.74 Å². The first-order valence-corrected chi connectivity index (χ1v) is 7.35. The van der Waals surface area contributed by atoms with Crippen LogP contribution in [0.3, 0.4) is 0 Å². The summed E-state index contributed by atoms with van der Waals surface area (Å²) in [7, 11) is 0. The lowest BCUT2D eigenvalue weighted by molar-refractivity contribution is -0.139. The molecule has 0 atom stereocenters. The smallest absolute Gasteiger partial charge is 0.370 e. The molecule has 0 heterocycles. The number of carbonyl (C=O) groups is 1. The number of benzene rings is 2. The molecule has 0 spiro atoms. The molecule has 0 aliphatic rings. The predicted octanol–water partition coefficient (Wildman–Crippen LogP) is 2.41. The second-order valence-electron chi connectivity index (χ2n) is 4.50. The first kappa shape index (κ1) is 16.7. The molecule has 7 heteroatoms. The van der Waals surface area contributed by atoms with Crippen LogP contribution in [0.5, 0.6) is 5.75 Å². The number of halogens is 1. The van der Waals surface area contributed by atoms with Crippen molar-refractivity contribution in [3.63, 3.8) is 0 Å². The summed E-state index contributed by atoms with van der Waals surface area (Å²) in [5.41, 5.74) is 0.890. The standard InChI is InChI=1S/C16H13BrN2O4/c17-11-6-7-13(23-9-14(20)21)12(8-11)16(22)19-15(18)10-4-2-1-3-5-10/h1-8H,9H2,(H,20,21)(H2,18,19,22)/p+1. The van der Waals surface area contributed by atoms with E-state index in [4.69, 9.17) is 20.4 Å². The van der Waals surface area contributed by atoms with Gasteiger partial charge in [0.15, 0.2) is 12.4 Å². The van der Waals surface area contributed by atoms with Crippen molar-refractivity contribution in [1.29, 1.82) is 5.41 Å². The fraction of sp³-hybridized carbons (Fsp3) is 0.0625. The first-order valence-electron chi connectivity index (χ1n) is 6.56. The highest BCUT2D eigenvalue weighted by molar-refractivity contribution is 9.10. The quantitative estimate of drug-likeness (QED) is 0.474. The van der Waals surface area contributed by atoms with Crippen LogP contribution in [-0.4, -0.2) is 34.5 Å². The summed E-state index contributed by atoms with van der Waals surface area (Å²) in [5, 5.41) is 24.7. The molecule has 23 heavy (non-hydrogen) atoms. The average molecular weight is 378 g/mol. The Morgan fingerprint density at radius 2 is 1.96 bits per heavy atom. The Labute approximate surface area is 140 Å². The van der Waals surface area contributed by atoms with Crippen molar-refractivity contribution in [2.75, 3.05) is 6.61 Å². The number of aliphatic imine (C=N–C) groups is 1. The third kappa shape index (κ3) is 4.65. The van der Waals surface area contributed by atoms with Gasteiger partial charge < -0.3 is 14.9 Å². The molecule has 2 aromatic carbocycles. The summed E-state index contributed by atoms with van der Waals surface area (Å²) < 4.78 is 5.87. The van der Waals surface area contributed by atoms with Crippen molar-refractivity contribution in [2.45, 2.75) is 0 Å². The summed E-state index contributed by atoms with van der Waals surface area (Å²) in [6.07, 6.45) is 0. The number of rotatable bonds is 5. The molecule has 2 rings (SSSR count). The normalized spacial score (nSPS) is 11.1. The minimum Gasteiger partial charge on any atom is -0.578 e. The van der Waals surface area contributed by atoms with Crippen LogP contribution in [0.1, 0.15) is 11.1 Å².